The Morgan fingerprint density at radius 3 is 1.10 bits per heavy atom. The number of cyclic esters (lactones) is 1. The molecule has 284 valence electrons. The number of rotatable bonds is 38. The van der Waals surface area contributed by atoms with Gasteiger partial charge in [-0.05, 0) is 12.8 Å². The van der Waals surface area contributed by atoms with E-state index in [1.165, 1.54) is 180 Å². The molecule has 1 rings (SSSR count). The molecule has 0 aliphatic carbocycles. The number of hydrogen-bond acceptors (Lipinski definition) is 6. The number of aliphatic hydroxyl groups is 2. The van der Waals surface area contributed by atoms with Gasteiger partial charge >= 0.3 is 5.97 Å². The molecule has 0 aromatic heterocycles. The van der Waals surface area contributed by atoms with Gasteiger partial charge in [-0.3, -0.25) is 0 Å². The smallest absolute Gasteiger partial charge is 0.378 e. The molecule has 0 unspecified atom stereocenters. The van der Waals surface area contributed by atoms with Crippen LogP contribution in [0.2, 0.25) is 0 Å². The first-order valence-corrected chi connectivity index (χ1v) is 21.1. The molecule has 0 spiro atoms. The van der Waals surface area contributed by atoms with Crippen LogP contribution in [0.3, 0.4) is 0 Å². The van der Waals surface area contributed by atoms with Crippen molar-refractivity contribution in [3.05, 3.63) is 11.5 Å². The van der Waals surface area contributed by atoms with Gasteiger partial charge in [-0.25, -0.2) is 4.79 Å². The van der Waals surface area contributed by atoms with Gasteiger partial charge in [0, 0.05) is 0 Å². The van der Waals surface area contributed by atoms with Crippen molar-refractivity contribution in [1.29, 1.82) is 0 Å². The first kappa shape index (κ1) is 44.8. The molecule has 0 saturated carbocycles. The van der Waals surface area contributed by atoms with Crippen molar-refractivity contribution in [2.45, 2.75) is 232 Å². The minimum absolute atomic E-state index is 0.0740. The Morgan fingerprint density at radius 1 is 0.500 bits per heavy atom. The van der Waals surface area contributed by atoms with E-state index in [-0.39, 0.29) is 11.5 Å². The van der Waals surface area contributed by atoms with E-state index in [0.717, 1.165) is 25.7 Å². The van der Waals surface area contributed by atoms with Crippen molar-refractivity contribution in [1.82, 2.24) is 0 Å². The van der Waals surface area contributed by atoms with E-state index in [9.17, 15) is 15.0 Å². The van der Waals surface area contributed by atoms with Gasteiger partial charge in [-0.1, -0.05) is 206 Å². The normalized spacial score (nSPS) is 15.3. The molecule has 1 aliphatic rings. The van der Waals surface area contributed by atoms with Crippen molar-refractivity contribution in [3.63, 3.8) is 0 Å². The molecule has 0 radical (unpaired) electrons. The lowest BCUT2D eigenvalue weighted by molar-refractivity contribution is -0.148. The lowest BCUT2D eigenvalue weighted by Crippen LogP contribution is -2.32. The van der Waals surface area contributed by atoms with Crippen molar-refractivity contribution < 1.29 is 29.2 Å². The minimum atomic E-state index is -1.22. The average molecular weight is 681 g/mol. The van der Waals surface area contributed by atoms with Crippen LogP contribution in [0, 0.1) is 0 Å². The van der Waals surface area contributed by atoms with Crippen LogP contribution >= 0.6 is 0 Å². The molecule has 0 aromatic rings. The molecule has 0 aromatic carbocycles. The highest BCUT2D eigenvalue weighted by Crippen LogP contribution is 2.28. The number of unbranched alkanes of at least 4 members (excludes halogenated alkanes) is 30. The van der Waals surface area contributed by atoms with Crippen LogP contribution in [0.15, 0.2) is 11.5 Å². The second kappa shape index (κ2) is 34.2. The number of esters is 1. The predicted molar refractivity (Wildman–Crippen MR) is 201 cm³/mol. The zero-order valence-corrected chi connectivity index (χ0v) is 31.9. The molecule has 2 N–H and O–H groups in total. The van der Waals surface area contributed by atoms with Crippen LogP contribution in [0.1, 0.15) is 219 Å². The number of hydrogen-bond donors (Lipinski definition) is 2. The highest BCUT2D eigenvalue weighted by molar-refractivity contribution is 5.89. The fraction of sp³-hybridized carbons (Fsp3) is 0.929. The third-order valence-corrected chi connectivity index (χ3v) is 9.94. The largest absolute Gasteiger partial charge is 0.490 e. The Morgan fingerprint density at radius 2 is 0.792 bits per heavy atom. The minimum Gasteiger partial charge on any atom is -0.490 e. The molecule has 6 nitrogen and oxygen atoms in total. The van der Waals surface area contributed by atoms with E-state index in [1.54, 1.807) is 0 Å². The van der Waals surface area contributed by atoms with Crippen LogP contribution in [0.5, 0.6) is 0 Å². The summed E-state index contributed by atoms with van der Waals surface area (Å²) in [6.07, 6.45) is 39.7. The predicted octanol–water partition coefficient (Wildman–Crippen LogP) is 12.0. The van der Waals surface area contributed by atoms with E-state index >= 15 is 0 Å². The Kier molecular flexibility index (Phi) is 31.9. The Labute approximate surface area is 297 Å². The molecular weight excluding hydrogens is 600 g/mol. The van der Waals surface area contributed by atoms with Crippen LogP contribution in [0.4, 0.5) is 0 Å². The van der Waals surface area contributed by atoms with E-state index in [0.29, 0.717) is 13.2 Å². The summed E-state index contributed by atoms with van der Waals surface area (Å²) in [5, 5.41) is 19.7. The third-order valence-electron chi connectivity index (χ3n) is 9.94. The third kappa shape index (κ3) is 24.8. The molecule has 0 amide bonds. The fourth-order valence-corrected chi connectivity index (χ4v) is 6.74. The van der Waals surface area contributed by atoms with Crippen LogP contribution in [-0.2, 0) is 19.0 Å². The van der Waals surface area contributed by atoms with Gasteiger partial charge in [0.15, 0.2) is 11.9 Å². The number of aliphatic hydroxyl groups excluding tert-OH is 2. The Hall–Kier alpha value is -1.27. The highest BCUT2D eigenvalue weighted by atomic mass is 16.6. The van der Waals surface area contributed by atoms with Crippen molar-refractivity contribution in [3.8, 4) is 0 Å². The van der Waals surface area contributed by atoms with Gasteiger partial charge in [-0.2, -0.15) is 0 Å². The summed E-state index contributed by atoms with van der Waals surface area (Å²) in [6, 6.07) is 0. The van der Waals surface area contributed by atoms with Crippen LogP contribution < -0.4 is 0 Å². The molecule has 1 heterocycles. The van der Waals surface area contributed by atoms with Crippen molar-refractivity contribution in [2.75, 3.05) is 19.8 Å². The first-order valence-electron chi connectivity index (χ1n) is 21.1. The van der Waals surface area contributed by atoms with Crippen LogP contribution in [0.25, 0.3) is 0 Å². The second-order valence-corrected chi connectivity index (χ2v) is 14.6. The molecule has 1 aliphatic heterocycles. The number of carbonyl (C=O) groups is 1. The van der Waals surface area contributed by atoms with E-state index in [2.05, 4.69) is 13.8 Å². The summed E-state index contributed by atoms with van der Waals surface area (Å²) in [4.78, 5) is 12.5. The maximum Gasteiger partial charge on any atom is 0.378 e. The lowest BCUT2D eigenvalue weighted by atomic mass is 10.0. The quantitative estimate of drug-likeness (QED) is 0.0499. The molecule has 0 saturated heterocycles. The van der Waals surface area contributed by atoms with Crippen molar-refractivity contribution >= 4 is 5.97 Å². The summed E-state index contributed by atoms with van der Waals surface area (Å²) in [6.45, 7) is 4.93. The zero-order chi connectivity index (χ0) is 34.8. The summed E-state index contributed by atoms with van der Waals surface area (Å²) < 4.78 is 17.1. The Bertz CT molecular complexity index is 738. The summed E-state index contributed by atoms with van der Waals surface area (Å²) in [5.74, 6) is -0.282. The van der Waals surface area contributed by atoms with Gasteiger partial charge in [0.1, 0.15) is 6.10 Å². The summed E-state index contributed by atoms with van der Waals surface area (Å²) in [5.41, 5.74) is 0. The monoisotopic (exact) mass is 681 g/mol. The summed E-state index contributed by atoms with van der Waals surface area (Å²) in [7, 11) is 0. The van der Waals surface area contributed by atoms with Gasteiger partial charge in [-0.15, -0.1) is 0 Å². The molecule has 6 heteroatoms. The number of carbonyl (C=O) groups excluding carboxylic acids is 1. The number of ether oxygens (including phenoxy) is 3. The topological polar surface area (TPSA) is 85.2 Å². The van der Waals surface area contributed by atoms with E-state index in [1.807, 2.05) is 0 Å². The summed E-state index contributed by atoms with van der Waals surface area (Å²) >= 11 is 0. The molecular formula is C42H80O6. The second-order valence-electron chi connectivity index (χ2n) is 14.6. The molecule has 0 fully saturated rings. The maximum atomic E-state index is 12.5. The van der Waals surface area contributed by atoms with Gasteiger partial charge in [0.2, 0.25) is 5.76 Å². The van der Waals surface area contributed by atoms with Gasteiger partial charge in [0.25, 0.3) is 0 Å². The first-order chi connectivity index (χ1) is 23.7. The zero-order valence-electron chi connectivity index (χ0n) is 31.9. The Balaban J connectivity index is 2.09. The standard InChI is InChI=1S/C42H80O6/c1-3-5-7-9-11-13-15-17-19-21-23-25-27-29-31-33-35-46-40-39(38(44)37-43)48-42(45)41(40)47-36-34-32-30-28-26-24-22-20-18-16-14-12-10-8-6-4-2/h38-39,43-44H,3-37H2,1-2H3/t38-,39+/m0/s1. The van der Waals surface area contributed by atoms with E-state index in [4.69, 9.17) is 14.2 Å². The van der Waals surface area contributed by atoms with Crippen molar-refractivity contribution in [2.24, 2.45) is 0 Å². The van der Waals surface area contributed by atoms with Gasteiger partial charge in [0.05, 0.1) is 19.8 Å². The molecule has 2 atom stereocenters. The molecule has 0 bridgehead atoms. The fourth-order valence-electron chi connectivity index (χ4n) is 6.74. The van der Waals surface area contributed by atoms with Gasteiger partial charge < -0.3 is 24.4 Å². The molecule has 48 heavy (non-hydrogen) atoms. The highest BCUT2D eigenvalue weighted by Gasteiger charge is 2.41. The van der Waals surface area contributed by atoms with Crippen LogP contribution in [-0.4, -0.2) is 48.2 Å². The SMILES string of the molecule is CCCCCCCCCCCCCCCCCCOC1=C(OCCCCCCCCCCCCCCCCCC)[C@@H]([C@@H](O)CO)OC1=O. The van der Waals surface area contributed by atoms with E-state index < -0.39 is 24.8 Å². The average Bonchev–Trinajstić information content (AvgIpc) is 3.41. The lowest BCUT2D eigenvalue weighted by Gasteiger charge is -2.18. The maximum absolute atomic E-state index is 12.5.